The Hall–Kier alpha value is -1.47. The van der Waals surface area contributed by atoms with Gasteiger partial charge in [-0.2, -0.15) is 8.42 Å². The fourth-order valence-electron chi connectivity index (χ4n) is 7.18. The lowest BCUT2D eigenvalue weighted by Crippen LogP contribution is -2.50. The van der Waals surface area contributed by atoms with Crippen molar-refractivity contribution in [3.63, 3.8) is 0 Å². The Morgan fingerprint density at radius 1 is 1.17 bits per heavy atom. The number of rotatable bonds is 3. The highest BCUT2D eigenvalue weighted by atomic mass is 32.2. The lowest BCUT2D eigenvalue weighted by molar-refractivity contribution is -0.145. The van der Waals surface area contributed by atoms with E-state index in [1.54, 1.807) is 6.92 Å². The van der Waals surface area contributed by atoms with E-state index in [0.29, 0.717) is 24.7 Å². The van der Waals surface area contributed by atoms with E-state index in [2.05, 4.69) is 26.0 Å². The number of esters is 1. The maximum absolute atomic E-state index is 12.4. The largest absolute Gasteiger partial charge is 0.454 e. The Labute approximate surface area is 178 Å². The van der Waals surface area contributed by atoms with Crippen LogP contribution in [0.25, 0.3) is 0 Å². The summed E-state index contributed by atoms with van der Waals surface area (Å²) in [5.41, 5.74) is 0.862. The zero-order valence-corrected chi connectivity index (χ0v) is 18.8. The van der Waals surface area contributed by atoms with E-state index in [1.165, 1.54) is 5.57 Å². The van der Waals surface area contributed by atoms with Crippen molar-refractivity contribution >= 4 is 21.2 Å². The van der Waals surface area contributed by atoms with Crippen LogP contribution in [0.2, 0.25) is 0 Å². The van der Waals surface area contributed by atoms with Crippen LogP contribution in [0, 0.1) is 34.5 Å². The average molecular weight is 437 g/mol. The summed E-state index contributed by atoms with van der Waals surface area (Å²) in [6.45, 7) is 6.11. The summed E-state index contributed by atoms with van der Waals surface area (Å²) < 4.78 is 37.9. The fraction of sp³-hybridized carbons (Fsp3) is 0.739. The van der Waals surface area contributed by atoms with Crippen molar-refractivity contribution in [2.75, 3.05) is 0 Å². The molecule has 4 aliphatic carbocycles. The standard InChI is InChI=1S/C23H32O6S/c1-4-20(24)29-15-9-11-22(2)14(13-15)5-6-16-17-7-8-19(21(25)30(26,27)28)23(17,3)12-10-18(16)22/h9,11,13,15-19H,4-8,10,12H2,1-3H3,(H,26,27,28)/t15?,16?,17?,18?,19?,22-,23-/m0/s1. The number of carbonyl (C=O) groups excluding carboxylic acids is 2. The second-order valence-corrected chi connectivity index (χ2v) is 11.4. The lowest BCUT2D eigenvalue weighted by Gasteiger charge is -2.57. The molecule has 3 fully saturated rings. The van der Waals surface area contributed by atoms with Crippen molar-refractivity contribution in [3.05, 3.63) is 23.8 Å². The minimum Gasteiger partial charge on any atom is -0.454 e. The summed E-state index contributed by atoms with van der Waals surface area (Å²) in [6.07, 6.45) is 11.4. The third kappa shape index (κ3) is 3.29. The van der Waals surface area contributed by atoms with Gasteiger partial charge in [0.1, 0.15) is 6.10 Å². The molecule has 0 saturated heterocycles. The third-order valence-electron chi connectivity index (χ3n) is 8.74. The molecule has 0 heterocycles. The first-order valence-electron chi connectivity index (χ1n) is 11.1. The van der Waals surface area contributed by atoms with Crippen LogP contribution in [-0.2, 0) is 24.4 Å². The van der Waals surface area contributed by atoms with Gasteiger partial charge in [0.15, 0.2) is 0 Å². The van der Waals surface area contributed by atoms with Crippen LogP contribution >= 0.6 is 0 Å². The molecule has 0 aromatic heterocycles. The van der Waals surface area contributed by atoms with Crippen molar-refractivity contribution in [1.82, 2.24) is 0 Å². The zero-order valence-electron chi connectivity index (χ0n) is 18.0. The van der Waals surface area contributed by atoms with Crippen LogP contribution in [0.15, 0.2) is 23.8 Å². The molecule has 0 aliphatic heterocycles. The Balaban J connectivity index is 1.58. The highest BCUT2D eigenvalue weighted by Gasteiger charge is 2.60. The quantitative estimate of drug-likeness (QED) is 0.407. The van der Waals surface area contributed by atoms with Gasteiger partial charge in [-0.25, -0.2) is 0 Å². The molecule has 3 saturated carbocycles. The minimum atomic E-state index is -4.65. The molecular weight excluding hydrogens is 404 g/mol. The summed E-state index contributed by atoms with van der Waals surface area (Å²) in [4.78, 5) is 24.1. The topological polar surface area (TPSA) is 97.7 Å². The highest BCUT2D eigenvalue weighted by molar-refractivity contribution is 8.01. The molecule has 4 aliphatic rings. The number of carbonyl (C=O) groups is 2. The van der Waals surface area contributed by atoms with Gasteiger partial charge in [-0.3, -0.25) is 14.1 Å². The van der Waals surface area contributed by atoms with Gasteiger partial charge in [0.2, 0.25) is 0 Å². The van der Waals surface area contributed by atoms with Crippen LogP contribution in [0.5, 0.6) is 0 Å². The monoisotopic (exact) mass is 436 g/mol. The first-order chi connectivity index (χ1) is 14.0. The molecule has 6 nitrogen and oxygen atoms in total. The molecule has 0 aromatic carbocycles. The molecule has 0 spiro atoms. The van der Waals surface area contributed by atoms with Crippen molar-refractivity contribution in [2.45, 2.75) is 71.8 Å². The van der Waals surface area contributed by atoms with Crippen molar-refractivity contribution in [1.29, 1.82) is 0 Å². The van der Waals surface area contributed by atoms with Crippen LogP contribution < -0.4 is 0 Å². The normalized spacial score (nSPS) is 42.5. The highest BCUT2D eigenvalue weighted by Crippen LogP contribution is 2.66. The van der Waals surface area contributed by atoms with E-state index in [4.69, 9.17) is 4.74 Å². The smallest absolute Gasteiger partial charge is 0.329 e. The van der Waals surface area contributed by atoms with Crippen LogP contribution in [0.3, 0.4) is 0 Å². The van der Waals surface area contributed by atoms with E-state index in [9.17, 15) is 22.6 Å². The number of allylic oxidation sites excluding steroid dienone is 2. The Kier molecular flexibility index (Phi) is 5.29. The van der Waals surface area contributed by atoms with Gasteiger partial charge in [-0.15, -0.1) is 0 Å². The number of hydrogen-bond donors (Lipinski definition) is 1. The zero-order chi connectivity index (χ0) is 21.9. The molecule has 1 N–H and O–H groups in total. The van der Waals surface area contributed by atoms with Gasteiger partial charge in [-0.1, -0.05) is 32.4 Å². The minimum absolute atomic E-state index is 0.0927. The number of ether oxygens (including phenoxy) is 1. The summed E-state index contributed by atoms with van der Waals surface area (Å²) in [7, 11) is -4.65. The first kappa shape index (κ1) is 21.8. The molecule has 0 radical (unpaired) electrons. The van der Waals surface area contributed by atoms with E-state index < -0.39 is 21.2 Å². The maximum Gasteiger partial charge on any atom is 0.329 e. The van der Waals surface area contributed by atoms with Gasteiger partial charge in [0.05, 0.1) is 0 Å². The van der Waals surface area contributed by atoms with Crippen LogP contribution in [-0.4, -0.2) is 30.2 Å². The Morgan fingerprint density at radius 2 is 1.90 bits per heavy atom. The number of fused-ring (bicyclic) bond motifs is 5. The molecule has 166 valence electrons. The van der Waals surface area contributed by atoms with E-state index in [0.717, 1.165) is 32.1 Å². The SMILES string of the molecule is CCC(=O)OC1C=C[C@@]2(C)C(=C1)CCC1C3CCC(C(=O)S(=O)(=O)O)[C@@]3(C)CCC12. The van der Waals surface area contributed by atoms with Gasteiger partial charge < -0.3 is 4.74 Å². The molecule has 0 amide bonds. The second-order valence-electron chi connectivity index (χ2n) is 10.0. The summed E-state index contributed by atoms with van der Waals surface area (Å²) >= 11 is 0. The lowest BCUT2D eigenvalue weighted by atomic mass is 9.48. The summed E-state index contributed by atoms with van der Waals surface area (Å²) in [5, 5.41) is -0.994. The molecule has 4 rings (SSSR count). The predicted molar refractivity (Wildman–Crippen MR) is 112 cm³/mol. The first-order valence-corrected chi connectivity index (χ1v) is 12.6. The maximum atomic E-state index is 12.4. The van der Waals surface area contributed by atoms with Gasteiger partial charge in [0.25, 0.3) is 5.12 Å². The fourth-order valence-corrected chi connectivity index (χ4v) is 7.93. The second kappa shape index (κ2) is 7.30. The molecule has 0 aromatic rings. The van der Waals surface area contributed by atoms with E-state index in [-0.39, 0.29) is 28.8 Å². The Bertz CT molecular complexity index is 918. The van der Waals surface area contributed by atoms with E-state index in [1.807, 2.05) is 6.08 Å². The predicted octanol–water partition coefficient (Wildman–Crippen LogP) is 4.08. The average Bonchev–Trinajstić information content (AvgIpc) is 3.03. The van der Waals surface area contributed by atoms with Gasteiger partial charge in [-0.05, 0) is 73.8 Å². The van der Waals surface area contributed by atoms with Crippen LogP contribution in [0.1, 0.15) is 65.7 Å². The van der Waals surface area contributed by atoms with Crippen LogP contribution in [0.4, 0.5) is 0 Å². The van der Waals surface area contributed by atoms with Crippen molar-refractivity contribution < 1.29 is 27.3 Å². The summed E-state index contributed by atoms with van der Waals surface area (Å²) in [6, 6.07) is 0. The third-order valence-corrected chi connectivity index (χ3v) is 9.53. The molecule has 30 heavy (non-hydrogen) atoms. The molecule has 5 unspecified atom stereocenters. The van der Waals surface area contributed by atoms with Crippen molar-refractivity contribution in [2.24, 2.45) is 34.5 Å². The molecule has 7 heteroatoms. The van der Waals surface area contributed by atoms with E-state index >= 15 is 0 Å². The molecule has 0 bridgehead atoms. The van der Waals surface area contributed by atoms with Gasteiger partial charge >= 0.3 is 16.1 Å². The number of hydrogen-bond acceptors (Lipinski definition) is 5. The van der Waals surface area contributed by atoms with Gasteiger partial charge in [0, 0.05) is 17.8 Å². The Morgan fingerprint density at radius 3 is 2.57 bits per heavy atom. The van der Waals surface area contributed by atoms with Crippen molar-refractivity contribution in [3.8, 4) is 0 Å². The summed E-state index contributed by atoms with van der Waals surface area (Å²) in [5.74, 6) is 0.323. The molecule has 7 atom stereocenters. The molecular formula is C23H32O6S.